The van der Waals surface area contributed by atoms with Gasteiger partial charge in [-0.3, -0.25) is 0 Å². The van der Waals surface area contributed by atoms with Crippen molar-refractivity contribution in [2.24, 2.45) is 0 Å². The molecular formula is C13H17AlN2. The van der Waals surface area contributed by atoms with E-state index in [4.69, 9.17) is 0 Å². The van der Waals surface area contributed by atoms with Gasteiger partial charge >= 0.3 is 0 Å². The second-order valence-corrected chi connectivity index (χ2v) is 4.83. The van der Waals surface area contributed by atoms with Crippen molar-refractivity contribution >= 4 is 26.7 Å². The highest BCUT2D eigenvalue weighted by Gasteiger charge is 1.91. The van der Waals surface area contributed by atoms with Crippen molar-refractivity contribution in [3.63, 3.8) is 0 Å². The van der Waals surface area contributed by atoms with Crippen molar-refractivity contribution in [2.45, 2.75) is 11.6 Å². The number of anilines is 2. The van der Waals surface area contributed by atoms with Gasteiger partial charge in [0.05, 0.1) is 0 Å². The number of hydrogen-bond acceptors (Lipinski definition) is 2. The summed E-state index contributed by atoms with van der Waals surface area (Å²) in [6.45, 7) is 0. The molecule has 0 fully saturated rings. The van der Waals surface area contributed by atoms with Gasteiger partial charge in [-0.1, -0.05) is 24.3 Å². The number of nitrogens with zero attached hydrogens (tertiary/aromatic N) is 1. The van der Waals surface area contributed by atoms with Crippen LogP contribution in [-0.2, 0) is 0 Å². The molecule has 1 aromatic heterocycles. The normalized spacial score (nSPS) is 8.62. The predicted molar refractivity (Wildman–Crippen MR) is 72.8 cm³/mol. The molecule has 0 aliphatic heterocycles. The molecule has 1 aromatic carbocycles. The summed E-state index contributed by atoms with van der Waals surface area (Å²) in [5, 5.41) is 3.19. The first-order chi connectivity index (χ1) is 7.86. The van der Waals surface area contributed by atoms with Crippen LogP contribution >= 0.6 is 0 Å². The van der Waals surface area contributed by atoms with E-state index in [0.29, 0.717) is 15.2 Å². The summed E-state index contributed by atoms with van der Waals surface area (Å²) in [6.07, 6.45) is 1.77. The van der Waals surface area contributed by atoms with E-state index in [2.05, 4.69) is 21.9 Å². The monoisotopic (exact) mass is 228 g/mol. The summed E-state index contributed by atoms with van der Waals surface area (Å²) in [7, 11) is 0. The fraction of sp³-hybridized carbons (Fsp3) is 0.154. The minimum absolute atomic E-state index is 0.417. The molecule has 1 N–H and O–H groups in total. The molecule has 82 valence electrons. The van der Waals surface area contributed by atoms with Gasteiger partial charge < -0.3 is 5.32 Å². The van der Waals surface area contributed by atoms with Crippen LogP contribution in [0, 0.1) is 0 Å². The van der Waals surface area contributed by atoms with Crippen molar-refractivity contribution in [1.82, 2.24) is 4.98 Å². The third-order valence-corrected chi connectivity index (χ3v) is 1.71. The molecule has 0 saturated heterocycles. The molecule has 0 unspecified atom stereocenters. The van der Waals surface area contributed by atoms with E-state index in [0.717, 1.165) is 11.5 Å². The van der Waals surface area contributed by atoms with Gasteiger partial charge in [-0.2, -0.15) is 0 Å². The molecule has 0 radical (unpaired) electrons. The molecule has 2 nitrogen and oxygen atoms in total. The van der Waals surface area contributed by atoms with Gasteiger partial charge in [0.25, 0.3) is 0 Å². The van der Waals surface area contributed by atoms with Crippen molar-refractivity contribution in [3.05, 3.63) is 54.7 Å². The van der Waals surface area contributed by atoms with Crippen molar-refractivity contribution in [1.29, 1.82) is 0 Å². The maximum absolute atomic E-state index is 4.16. The van der Waals surface area contributed by atoms with Crippen LogP contribution in [-0.4, -0.2) is 20.2 Å². The maximum atomic E-state index is 4.16. The lowest BCUT2D eigenvalue weighted by molar-refractivity contribution is 1.31. The highest BCUT2D eigenvalue weighted by atomic mass is 27.1. The number of rotatable bonds is 2. The Hall–Kier alpha value is -1.30. The second-order valence-electron chi connectivity index (χ2n) is 3.41. The van der Waals surface area contributed by atoms with E-state index < -0.39 is 0 Å². The van der Waals surface area contributed by atoms with E-state index >= 15 is 0 Å². The third kappa shape index (κ3) is 4.97. The van der Waals surface area contributed by atoms with E-state index in [1.807, 2.05) is 48.5 Å². The summed E-state index contributed by atoms with van der Waals surface area (Å²) in [5.41, 5.74) is 1.06. The molecule has 2 rings (SSSR count). The summed E-state index contributed by atoms with van der Waals surface area (Å²) < 4.78 is 0. The van der Waals surface area contributed by atoms with Crippen molar-refractivity contribution in [2.75, 3.05) is 5.32 Å². The molecule has 2 aromatic rings. The van der Waals surface area contributed by atoms with E-state index in [1.54, 1.807) is 6.20 Å². The summed E-state index contributed by atoms with van der Waals surface area (Å²) in [4.78, 5) is 4.16. The number of pyridine rings is 1. The standard InChI is InChI=1S/C11H10N2.2CH3.Al.H/c1-2-6-10(7-3-1)13-11-8-4-5-9-12-11;;;;/h1-9H,(H,12,13);2*1H3;;. The zero-order chi connectivity index (χ0) is 11.6. The highest BCUT2D eigenvalue weighted by molar-refractivity contribution is 6.31. The van der Waals surface area contributed by atoms with Crippen LogP contribution in [0.2, 0.25) is 11.6 Å². The van der Waals surface area contributed by atoms with Gasteiger partial charge in [-0.05, 0) is 24.3 Å². The molecule has 1 heterocycles. The van der Waals surface area contributed by atoms with Gasteiger partial charge in [0.15, 0.2) is 0 Å². The predicted octanol–water partition coefficient (Wildman–Crippen LogP) is 3.34. The quantitative estimate of drug-likeness (QED) is 0.797. The second kappa shape index (κ2) is 7.93. The Labute approximate surface area is 103 Å². The average Bonchev–Trinajstić information content (AvgIpc) is 2.33. The molecule has 16 heavy (non-hydrogen) atoms. The molecular weight excluding hydrogens is 211 g/mol. The van der Waals surface area contributed by atoms with Crippen LogP contribution in [0.15, 0.2) is 54.7 Å². The van der Waals surface area contributed by atoms with Crippen LogP contribution < -0.4 is 5.32 Å². The number of hydrogen-bond donors (Lipinski definition) is 1. The summed E-state index contributed by atoms with van der Waals surface area (Å²) in [5.74, 6) is 5.40. The van der Waals surface area contributed by atoms with Crippen molar-refractivity contribution < 1.29 is 0 Å². The van der Waals surface area contributed by atoms with Gasteiger partial charge in [0.2, 0.25) is 15.2 Å². The first kappa shape index (κ1) is 12.8. The molecule has 0 atom stereocenters. The average molecular weight is 228 g/mol. The molecule has 0 aliphatic rings. The Morgan fingerprint density at radius 1 is 0.938 bits per heavy atom. The van der Waals surface area contributed by atoms with E-state index in [-0.39, 0.29) is 0 Å². The van der Waals surface area contributed by atoms with Gasteiger partial charge in [0, 0.05) is 11.9 Å². The van der Waals surface area contributed by atoms with Crippen LogP contribution in [0.3, 0.4) is 0 Å². The Kier molecular flexibility index (Phi) is 6.33. The zero-order valence-electron chi connectivity index (χ0n) is 9.85. The highest BCUT2D eigenvalue weighted by Crippen LogP contribution is 2.11. The SMILES string of the molecule is [CH3][AlH][CH3].c1ccc(Nc2ccccn2)cc1. The smallest absolute Gasteiger partial charge is 0.229 e. The van der Waals surface area contributed by atoms with E-state index in [9.17, 15) is 0 Å². The molecule has 0 spiro atoms. The first-order valence-corrected chi connectivity index (χ1v) is 8.42. The fourth-order valence-corrected chi connectivity index (χ4v) is 1.11. The lowest BCUT2D eigenvalue weighted by Crippen LogP contribution is -1.91. The maximum Gasteiger partial charge on any atom is 0.229 e. The van der Waals surface area contributed by atoms with Crippen molar-refractivity contribution in [3.8, 4) is 0 Å². The Morgan fingerprint density at radius 2 is 1.56 bits per heavy atom. The summed E-state index contributed by atoms with van der Waals surface area (Å²) in [6, 6.07) is 15.8. The largest absolute Gasteiger partial charge is 0.340 e. The Balaban J connectivity index is 0.000000386. The van der Waals surface area contributed by atoms with Gasteiger partial charge in [0.1, 0.15) is 5.82 Å². The molecule has 0 bridgehead atoms. The zero-order valence-corrected chi connectivity index (χ0v) is 11.3. The summed E-state index contributed by atoms with van der Waals surface area (Å²) >= 11 is 0.417. The van der Waals surface area contributed by atoms with E-state index in [1.165, 1.54) is 0 Å². The van der Waals surface area contributed by atoms with Crippen LogP contribution in [0.5, 0.6) is 0 Å². The first-order valence-electron chi connectivity index (χ1n) is 5.60. The lowest BCUT2D eigenvalue weighted by atomic mass is 10.3. The van der Waals surface area contributed by atoms with Gasteiger partial charge in [-0.25, -0.2) is 4.98 Å². The molecule has 3 heteroatoms. The molecule has 0 saturated carbocycles. The third-order valence-electron chi connectivity index (χ3n) is 1.71. The number of nitrogens with one attached hydrogen (secondary N) is 1. The molecule has 0 amide bonds. The lowest BCUT2D eigenvalue weighted by Gasteiger charge is -2.03. The molecule has 0 aliphatic carbocycles. The fourth-order valence-electron chi connectivity index (χ4n) is 1.11. The minimum Gasteiger partial charge on any atom is -0.340 e. The number of benzene rings is 1. The number of aromatic nitrogens is 1. The van der Waals surface area contributed by atoms with Gasteiger partial charge in [-0.15, -0.1) is 11.6 Å². The van der Waals surface area contributed by atoms with Crippen LogP contribution in [0.25, 0.3) is 0 Å². The Morgan fingerprint density at radius 3 is 2.12 bits per heavy atom. The number of para-hydroxylation sites is 1. The minimum atomic E-state index is 0.417. The Bertz CT molecular complexity index is 338. The topological polar surface area (TPSA) is 24.9 Å². The van der Waals surface area contributed by atoms with Crippen LogP contribution in [0.4, 0.5) is 11.5 Å². The van der Waals surface area contributed by atoms with Crippen LogP contribution in [0.1, 0.15) is 0 Å².